The van der Waals surface area contributed by atoms with Crippen LogP contribution in [0.2, 0.25) is 0 Å². The van der Waals surface area contributed by atoms with Crippen molar-refractivity contribution in [2.75, 3.05) is 28.3 Å². The molecule has 5 heteroatoms. The van der Waals surface area contributed by atoms with Crippen molar-refractivity contribution < 1.29 is 19.1 Å². The molecule has 0 aromatic heterocycles. The molecule has 0 radical (unpaired) electrons. The van der Waals surface area contributed by atoms with Crippen molar-refractivity contribution in [1.82, 2.24) is 4.90 Å². The second-order valence-electron chi connectivity index (χ2n) is 5.89. The number of methoxy groups -OCH3 is 2. The SMILES string of the molecule is COC(=O)c1ccc(-c2ccc(CCC(=O)N(C)C)cc2OC)cc1. The smallest absolute Gasteiger partial charge is 0.337 e. The maximum atomic E-state index is 11.7. The molecule has 0 bridgehead atoms. The molecule has 0 fully saturated rings. The minimum atomic E-state index is -0.362. The van der Waals surface area contributed by atoms with Gasteiger partial charge in [0.25, 0.3) is 0 Å². The van der Waals surface area contributed by atoms with E-state index in [9.17, 15) is 9.59 Å². The van der Waals surface area contributed by atoms with E-state index in [2.05, 4.69) is 0 Å². The summed E-state index contributed by atoms with van der Waals surface area (Å²) < 4.78 is 10.2. The third-order valence-corrected chi connectivity index (χ3v) is 4.01. The molecule has 0 heterocycles. The summed E-state index contributed by atoms with van der Waals surface area (Å²) in [7, 11) is 6.49. The van der Waals surface area contributed by atoms with Gasteiger partial charge in [-0.25, -0.2) is 4.79 Å². The summed E-state index contributed by atoms with van der Waals surface area (Å²) in [5.41, 5.74) is 3.42. The quantitative estimate of drug-likeness (QED) is 0.757. The molecule has 132 valence electrons. The fraction of sp³-hybridized carbons (Fsp3) is 0.300. The number of rotatable bonds is 6. The molecular formula is C20H23NO4. The second kappa shape index (κ2) is 8.33. The van der Waals surface area contributed by atoms with Crippen molar-refractivity contribution >= 4 is 11.9 Å². The van der Waals surface area contributed by atoms with Crippen molar-refractivity contribution in [2.45, 2.75) is 12.8 Å². The van der Waals surface area contributed by atoms with Crippen LogP contribution in [0.25, 0.3) is 11.1 Å². The van der Waals surface area contributed by atoms with Crippen LogP contribution in [0.3, 0.4) is 0 Å². The first-order chi connectivity index (χ1) is 12.0. The van der Waals surface area contributed by atoms with E-state index in [1.165, 1.54) is 7.11 Å². The van der Waals surface area contributed by atoms with Gasteiger partial charge in [-0.2, -0.15) is 0 Å². The number of benzene rings is 2. The summed E-state index contributed by atoms with van der Waals surface area (Å²) >= 11 is 0. The Bertz CT molecular complexity index is 751. The highest BCUT2D eigenvalue weighted by molar-refractivity contribution is 5.90. The zero-order chi connectivity index (χ0) is 18.4. The third kappa shape index (κ3) is 4.59. The number of ether oxygens (including phenoxy) is 2. The topological polar surface area (TPSA) is 55.8 Å². The van der Waals surface area contributed by atoms with Crippen LogP contribution in [0.15, 0.2) is 42.5 Å². The van der Waals surface area contributed by atoms with Gasteiger partial charge >= 0.3 is 5.97 Å². The molecule has 0 aliphatic rings. The third-order valence-electron chi connectivity index (χ3n) is 4.01. The lowest BCUT2D eigenvalue weighted by atomic mass is 9.99. The summed E-state index contributed by atoms with van der Waals surface area (Å²) in [6.07, 6.45) is 1.12. The van der Waals surface area contributed by atoms with Crippen molar-refractivity contribution in [3.05, 3.63) is 53.6 Å². The van der Waals surface area contributed by atoms with E-state index in [1.807, 2.05) is 30.3 Å². The van der Waals surface area contributed by atoms with Gasteiger partial charge in [0.15, 0.2) is 0 Å². The van der Waals surface area contributed by atoms with Gasteiger partial charge in [0.05, 0.1) is 19.8 Å². The number of aryl methyl sites for hydroxylation is 1. The highest BCUT2D eigenvalue weighted by Crippen LogP contribution is 2.31. The van der Waals surface area contributed by atoms with Gasteiger partial charge in [-0.05, 0) is 35.7 Å². The number of carbonyl (C=O) groups is 2. The summed E-state index contributed by atoms with van der Waals surface area (Å²) in [5, 5.41) is 0. The van der Waals surface area contributed by atoms with Crippen LogP contribution in [0.1, 0.15) is 22.3 Å². The Morgan fingerprint density at radius 3 is 2.24 bits per heavy atom. The predicted molar refractivity (Wildman–Crippen MR) is 96.8 cm³/mol. The summed E-state index contributed by atoms with van der Waals surface area (Å²) in [6.45, 7) is 0. The molecule has 0 atom stereocenters. The Labute approximate surface area is 148 Å². The molecule has 2 aromatic rings. The first-order valence-corrected chi connectivity index (χ1v) is 8.02. The second-order valence-corrected chi connectivity index (χ2v) is 5.89. The van der Waals surface area contributed by atoms with Crippen LogP contribution >= 0.6 is 0 Å². The van der Waals surface area contributed by atoms with Gasteiger partial charge in [0.1, 0.15) is 5.75 Å². The van der Waals surface area contributed by atoms with Gasteiger partial charge in [-0.15, -0.1) is 0 Å². The van der Waals surface area contributed by atoms with Crippen molar-refractivity contribution in [3.63, 3.8) is 0 Å². The van der Waals surface area contributed by atoms with Crippen LogP contribution < -0.4 is 4.74 Å². The Morgan fingerprint density at radius 2 is 1.68 bits per heavy atom. The molecule has 0 aliphatic heterocycles. The Morgan fingerprint density at radius 1 is 1.00 bits per heavy atom. The number of esters is 1. The van der Waals surface area contributed by atoms with E-state index in [-0.39, 0.29) is 11.9 Å². The number of carbonyl (C=O) groups excluding carboxylic acids is 2. The van der Waals surface area contributed by atoms with Crippen molar-refractivity contribution in [2.24, 2.45) is 0 Å². The average molecular weight is 341 g/mol. The number of hydrogen-bond donors (Lipinski definition) is 0. The maximum absolute atomic E-state index is 11.7. The van der Waals surface area contributed by atoms with Crippen LogP contribution in [-0.4, -0.2) is 45.1 Å². The first-order valence-electron chi connectivity index (χ1n) is 8.02. The highest BCUT2D eigenvalue weighted by atomic mass is 16.5. The summed E-state index contributed by atoms with van der Waals surface area (Å²) in [5.74, 6) is 0.474. The molecule has 2 aromatic carbocycles. The average Bonchev–Trinajstić information content (AvgIpc) is 2.65. The molecule has 0 spiro atoms. The minimum absolute atomic E-state index is 0.0986. The molecule has 0 unspecified atom stereocenters. The fourth-order valence-electron chi connectivity index (χ4n) is 2.51. The first kappa shape index (κ1) is 18.5. The van der Waals surface area contributed by atoms with Crippen LogP contribution in [0.4, 0.5) is 0 Å². The normalized spacial score (nSPS) is 10.2. The monoisotopic (exact) mass is 341 g/mol. The van der Waals surface area contributed by atoms with Crippen LogP contribution in [0.5, 0.6) is 5.75 Å². The number of amides is 1. The highest BCUT2D eigenvalue weighted by Gasteiger charge is 2.11. The standard InChI is InChI=1S/C20H23NO4/c1-21(2)19(22)12-6-14-5-11-17(18(13-14)24-3)15-7-9-16(10-8-15)20(23)25-4/h5,7-11,13H,6,12H2,1-4H3. The fourth-order valence-corrected chi connectivity index (χ4v) is 2.51. The Kier molecular flexibility index (Phi) is 6.17. The zero-order valence-electron chi connectivity index (χ0n) is 15.0. The largest absolute Gasteiger partial charge is 0.496 e. The van der Waals surface area contributed by atoms with E-state index in [0.29, 0.717) is 18.4 Å². The van der Waals surface area contributed by atoms with E-state index in [0.717, 1.165) is 22.4 Å². The molecule has 0 aliphatic carbocycles. The summed E-state index contributed by atoms with van der Waals surface area (Å²) in [4.78, 5) is 24.8. The molecule has 0 N–H and O–H groups in total. The van der Waals surface area contributed by atoms with Crippen molar-refractivity contribution in [3.8, 4) is 16.9 Å². The molecule has 25 heavy (non-hydrogen) atoms. The molecule has 1 amide bonds. The van der Waals surface area contributed by atoms with Gasteiger partial charge < -0.3 is 14.4 Å². The Hall–Kier alpha value is -2.82. The lowest BCUT2D eigenvalue weighted by Gasteiger charge is -2.13. The van der Waals surface area contributed by atoms with Crippen molar-refractivity contribution in [1.29, 1.82) is 0 Å². The van der Waals surface area contributed by atoms with E-state index in [1.54, 1.807) is 38.2 Å². The predicted octanol–water partition coefficient (Wildman–Crippen LogP) is 3.17. The maximum Gasteiger partial charge on any atom is 0.337 e. The molecule has 0 saturated heterocycles. The molecular weight excluding hydrogens is 318 g/mol. The number of hydrogen-bond acceptors (Lipinski definition) is 4. The molecule has 2 rings (SSSR count). The van der Waals surface area contributed by atoms with E-state index in [4.69, 9.17) is 9.47 Å². The van der Waals surface area contributed by atoms with Crippen LogP contribution in [-0.2, 0) is 16.0 Å². The number of nitrogens with zero attached hydrogens (tertiary/aromatic N) is 1. The van der Waals surface area contributed by atoms with Gasteiger partial charge in [0, 0.05) is 26.1 Å². The molecule has 5 nitrogen and oxygen atoms in total. The van der Waals surface area contributed by atoms with Gasteiger partial charge in [-0.1, -0.05) is 24.3 Å². The summed E-state index contributed by atoms with van der Waals surface area (Å²) in [6, 6.07) is 13.1. The van der Waals surface area contributed by atoms with E-state index >= 15 is 0 Å². The zero-order valence-corrected chi connectivity index (χ0v) is 15.0. The minimum Gasteiger partial charge on any atom is -0.496 e. The molecule has 0 saturated carbocycles. The van der Waals surface area contributed by atoms with E-state index < -0.39 is 0 Å². The van der Waals surface area contributed by atoms with Crippen LogP contribution in [0, 0.1) is 0 Å². The van der Waals surface area contributed by atoms with Gasteiger partial charge in [0.2, 0.25) is 5.91 Å². The van der Waals surface area contributed by atoms with Gasteiger partial charge in [-0.3, -0.25) is 4.79 Å². The lowest BCUT2D eigenvalue weighted by Crippen LogP contribution is -2.21. The lowest BCUT2D eigenvalue weighted by molar-refractivity contribution is -0.128. The Balaban J connectivity index is 2.21.